The third-order valence-corrected chi connectivity index (χ3v) is 3.04. The lowest BCUT2D eigenvalue weighted by molar-refractivity contribution is -0.120. The highest BCUT2D eigenvalue weighted by atomic mass is 19.1. The van der Waals surface area contributed by atoms with Crippen molar-refractivity contribution in [2.75, 3.05) is 13.7 Å². The fourth-order valence-corrected chi connectivity index (χ4v) is 1.80. The molecule has 2 rings (SSSR count). The molecule has 0 saturated carbocycles. The van der Waals surface area contributed by atoms with Crippen LogP contribution in [-0.4, -0.2) is 25.7 Å². The number of ether oxygens (including phenoxy) is 2. The van der Waals surface area contributed by atoms with Crippen LogP contribution in [0, 0.1) is 5.82 Å². The number of hydrogen-bond donors (Lipinski definition) is 2. The summed E-state index contributed by atoms with van der Waals surface area (Å²) in [6, 6.07) is 12.8. The Balaban J connectivity index is 1.80. The van der Waals surface area contributed by atoms with Gasteiger partial charge in [-0.25, -0.2) is 9.18 Å². The molecule has 2 aromatic rings. The maximum atomic E-state index is 12.8. The molecule has 7 heteroatoms. The number of hydrogen-bond acceptors (Lipinski definition) is 4. The first-order chi connectivity index (χ1) is 11.6. The van der Waals surface area contributed by atoms with E-state index in [4.69, 9.17) is 4.74 Å². The predicted molar refractivity (Wildman–Crippen MR) is 85.2 cm³/mol. The first kappa shape index (κ1) is 17.3. The van der Waals surface area contributed by atoms with E-state index in [9.17, 15) is 14.0 Å². The summed E-state index contributed by atoms with van der Waals surface area (Å²) in [5, 5.41) is 4.95. The van der Waals surface area contributed by atoms with Crippen LogP contribution in [0.15, 0.2) is 48.5 Å². The van der Waals surface area contributed by atoms with Crippen molar-refractivity contribution in [1.82, 2.24) is 10.6 Å². The summed E-state index contributed by atoms with van der Waals surface area (Å²) in [7, 11) is 1.23. The zero-order valence-corrected chi connectivity index (χ0v) is 13.0. The van der Waals surface area contributed by atoms with Crippen molar-refractivity contribution in [2.45, 2.75) is 6.54 Å². The normalized spacial score (nSPS) is 9.92. The van der Waals surface area contributed by atoms with Gasteiger partial charge in [0.1, 0.15) is 23.9 Å². The summed E-state index contributed by atoms with van der Waals surface area (Å²) in [6.07, 6.45) is -0.660. The summed E-state index contributed by atoms with van der Waals surface area (Å²) in [5.41, 5.74) is 0.868. The van der Waals surface area contributed by atoms with E-state index in [0.29, 0.717) is 18.0 Å². The zero-order valence-electron chi connectivity index (χ0n) is 13.0. The molecule has 0 unspecified atom stereocenters. The molecule has 0 aliphatic carbocycles. The third kappa shape index (κ3) is 5.60. The molecule has 0 radical (unpaired) electrons. The molecule has 6 nitrogen and oxygen atoms in total. The molecule has 0 aliphatic heterocycles. The van der Waals surface area contributed by atoms with Crippen LogP contribution in [-0.2, 0) is 16.1 Å². The molecule has 126 valence electrons. The second-order valence-corrected chi connectivity index (χ2v) is 4.82. The highest BCUT2D eigenvalue weighted by Gasteiger charge is 2.05. The molecule has 2 N–H and O–H groups in total. The molecule has 0 spiro atoms. The molecule has 0 fully saturated rings. The number of rotatable bonds is 6. The first-order valence-electron chi connectivity index (χ1n) is 7.17. The van der Waals surface area contributed by atoms with Gasteiger partial charge in [0.05, 0.1) is 7.11 Å². The Morgan fingerprint density at radius 3 is 2.12 bits per heavy atom. The van der Waals surface area contributed by atoms with Gasteiger partial charge >= 0.3 is 6.09 Å². The Hall–Kier alpha value is -3.09. The van der Waals surface area contributed by atoms with Crippen LogP contribution in [0.2, 0.25) is 0 Å². The number of benzene rings is 2. The van der Waals surface area contributed by atoms with Crippen LogP contribution in [0.4, 0.5) is 9.18 Å². The van der Waals surface area contributed by atoms with Crippen LogP contribution in [0.1, 0.15) is 5.56 Å². The lowest BCUT2D eigenvalue weighted by Gasteiger charge is -2.08. The number of methoxy groups -OCH3 is 1. The standard InChI is InChI=1S/C17H17FN2O4/c1-23-17(22)20-11-16(21)19-10-12-2-6-14(7-3-12)24-15-8-4-13(18)5-9-15/h2-9H,10-11H2,1H3,(H,19,21)(H,20,22). The van der Waals surface area contributed by atoms with Gasteiger partial charge in [-0.2, -0.15) is 0 Å². The summed E-state index contributed by atoms with van der Waals surface area (Å²) in [6.45, 7) is 0.164. The van der Waals surface area contributed by atoms with Gasteiger partial charge in [0.2, 0.25) is 5.91 Å². The molecule has 0 heterocycles. The Kier molecular flexibility index (Phi) is 6.13. The van der Waals surface area contributed by atoms with Gasteiger partial charge in [-0.1, -0.05) is 12.1 Å². The van der Waals surface area contributed by atoms with Crippen LogP contribution in [0.25, 0.3) is 0 Å². The number of amides is 2. The second kappa shape index (κ2) is 8.52. The van der Waals surface area contributed by atoms with Crippen LogP contribution in [0.3, 0.4) is 0 Å². The maximum absolute atomic E-state index is 12.8. The zero-order chi connectivity index (χ0) is 17.4. The monoisotopic (exact) mass is 332 g/mol. The lowest BCUT2D eigenvalue weighted by atomic mass is 10.2. The molecule has 0 atom stereocenters. The van der Waals surface area contributed by atoms with Crippen molar-refractivity contribution in [3.05, 3.63) is 59.9 Å². The summed E-state index contributed by atoms with van der Waals surface area (Å²) in [5.74, 6) is 0.484. The Labute approximate surface area is 138 Å². The van der Waals surface area contributed by atoms with Crippen molar-refractivity contribution in [1.29, 1.82) is 0 Å². The van der Waals surface area contributed by atoms with Crippen LogP contribution < -0.4 is 15.4 Å². The van der Waals surface area contributed by atoms with Gasteiger partial charge in [0.15, 0.2) is 0 Å². The third-order valence-electron chi connectivity index (χ3n) is 3.04. The number of carbonyl (C=O) groups is 2. The first-order valence-corrected chi connectivity index (χ1v) is 7.17. The minimum Gasteiger partial charge on any atom is -0.457 e. The van der Waals surface area contributed by atoms with E-state index in [1.807, 2.05) is 0 Å². The number of carbonyl (C=O) groups excluding carboxylic acids is 2. The van der Waals surface area contributed by atoms with E-state index >= 15 is 0 Å². The van der Waals surface area contributed by atoms with Crippen molar-refractivity contribution in [2.24, 2.45) is 0 Å². The van der Waals surface area contributed by atoms with Gasteiger partial charge < -0.3 is 20.1 Å². The maximum Gasteiger partial charge on any atom is 0.407 e. The lowest BCUT2D eigenvalue weighted by Crippen LogP contribution is -2.36. The second-order valence-electron chi connectivity index (χ2n) is 4.82. The smallest absolute Gasteiger partial charge is 0.407 e. The van der Waals surface area contributed by atoms with Gasteiger partial charge in [-0.3, -0.25) is 4.79 Å². The van der Waals surface area contributed by atoms with Crippen LogP contribution in [0.5, 0.6) is 11.5 Å². The Morgan fingerprint density at radius 2 is 1.54 bits per heavy atom. The van der Waals surface area contributed by atoms with Gasteiger partial charge in [0.25, 0.3) is 0 Å². The molecule has 2 amide bonds. The number of nitrogens with one attached hydrogen (secondary N) is 2. The predicted octanol–water partition coefficient (Wildman–Crippen LogP) is 2.59. The number of halogens is 1. The molecular formula is C17H17FN2O4. The minimum absolute atomic E-state index is 0.154. The fourth-order valence-electron chi connectivity index (χ4n) is 1.80. The molecule has 0 aliphatic rings. The van der Waals surface area contributed by atoms with E-state index < -0.39 is 6.09 Å². The van der Waals surface area contributed by atoms with E-state index in [-0.39, 0.29) is 18.3 Å². The van der Waals surface area contributed by atoms with E-state index in [1.165, 1.54) is 31.4 Å². The topological polar surface area (TPSA) is 76.7 Å². The highest BCUT2D eigenvalue weighted by Crippen LogP contribution is 2.21. The van der Waals surface area contributed by atoms with Crippen molar-refractivity contribution in [3.63, 3.8) is 0 Å². The minimum atomic E-state index is -0.660. The quantitative estimate of drug-likeness (QED) is 0.852. The average molecular weight is 332 g/mol. The fraction of sp³-hybridized carbons (Fsp3) is 0.176. The summed E-state index contributed by atoms with van der Waals surface area (Å²) < 4.78 is 22.8. The summed E-state index contributed by atoms with van der Waals surface area (Å²) in [4.78, 5) is 22.4. The van der Waals surface area contributed by atoms with E-state index in [0.717, 1.165) is 5.56 Å². The Morgan fingerprint density at radius 1 is 0.958 bits per heavy atom. The van der Waals surface area contributed by atoms with Gasteiger partial charge in [-0.15, -0.1) is 0 Å². The van der Waals surface area contributed by atoms with E-state index in [2.05, 4.69) is 15.4 Å². The highest BCUT2D eigenvalue weighted by molar-refractivity contribution is 5.81. The molecular weight excluding hydrogens is 315 g/mol. The molecule has 0 saturated heterocycles. The largest absolute Gasteiger partial charge is 0.457 e. The summed E-state index contributed by atoms with van der Waals surface area (Å²) >= 11 is 0. The molecule has 0 aromatic heterocycles. The van der Waals surface area contributed by atoms with Crippen molar-refractivity contribution < 1.29 is 23.5 Å². The van der Waals surface area contributed by atoms with Crippen LogP contribution >= 0.6 is 0 Å². The van der Waals surface area contributed by atoms with Crippen molar-refractivity contribution >= 4 is 12.0 Å². The molecule has 2 aromatic carbocycles. The molecule has 0 bridgehead atoms. The number of alkyl carbamates (subject to hydrolysis) is 1. The average Bonchev–Trinajstić information content (AvgIpc) is 2.61. The van der Waals surface area contributed by atoms with E-state index in [1.54, 1.807) is 24.3 Å². The van der Waals surface area contributed by atoms with Gasteiger partial charge in [0, 0.05) is 6.54 Å². The Bertz CT molecular complexity index is 687. The SMILES string of the molecule is COC(=O)NCC(=O)NCc1ccc(Oc2ccc(F)cc2)cc1. The van der Waals surface area contributed by atoms with Gasteiger partial charge in [-0.05, 0) is 42.0 Å². The molecule has 24 heavy (non-hydrogen) atoms. The van der Waals surface area contributed by atoms with Crippen molar-refractivity contribution in [3.8, 4) is 11.5 Å².